The number of rotatable bonds is 6. The van der Waals surface area contributed by atoms with Crippen molar-refractivity contribution in [2.75, 3.05) is 0 Å². The van der Waals surface area contributed by atoms with Gasteiger partial charge in [-0.3, -0.25) is 4.79 Å². The molecule has 1 N–H and O–H groups in total. The van der Waals surface area contributed by atoms with E-state index in [0.717, 1.165) is 0 Å². The lowest BCUT2D eigenvalue weighted by molar-refractivity contribution is -0.130. The average Bonchev–Trinajstić information content (AvgIpc) is 3.21. The van der Waals surface area contributed by atoms with Gasteiger partial charge in [0.1, 0.15) is 16.5 Å². The van der Waals surface area contributed by atoms with E-state index in [4.69, 9.17) is 4.74 Å². The van der Waals surface area contributed by atoms with Gasteiger partial charge < -0.3 is 10.1 Å². The van der Waals surface area contributed by atoms with Crippen LogP contribution >= 0.6 is 11.3 Å². The predicted octanol–water partition coefficient (Wildman–Crippen LogP) is 4.24. The number of esters is 1. The van der Waals surface area contributed by atoms with E-state index < -0.39 is 23.8 Å². The Morgan fingerprint density at radius 1 is 0.963 bits per heavy atom. The van der Waals surface area contributed by atoms with Gasteiger partial charge in [0.15, 0.2) is 0 Å². The van der Waals surface area contributed by atoms with Gasteiger partial charge in [-0.15, -0.1) is 11.3 Å². The van der Waals surface area contributed by atoms with E-state index in [-0.39, 0.29) is 12.4 Å². The van der Waals surface area contributed by atoms with Gasteiger partial charge >= 0.3 is 5.97 Å². The van der Waals surface area contributed by atoms with Crippen LogP contribution in [0.2, 0.25) is 0 Å². The largest absolute Gasteiger partial charge is 0.443 e. The zero-order valence-corrected chi connectivity index (χ0v) is 14.8. The highest BCUT2D eigenvalue weighted by Gasteiger charge is 2.26. The number of carbonyl (C=O) groups is 2. The van der Waals surface area contributed by atoms with Crippen LogP contribution in [-0.4, -0.2) is 11.9 Å². The van der Waals surface area contributed by atoms with Crippen LogP contribution in [0, 0.1) is 11.6 Å². The molecule has 1 aromatic heterocycles. The summed E-state index contributed by atoms with van der Waals surface area (Å²) >= 11 is 1.19. The molecule has 3 rings (SSSR count). The van der Waals surface area contributed by atoms with E-state index in [0.29, 0.717) is 16.0 Å². The Bertz CT molecular complexity index is 909. The van der Waals surface area contributed by atoms with Gasteiger partial charge in [0.05, 0.1) is 0 Å². The molecule has 0 aliphatic heterocycles. The Morgan fingerprint density at radius 3 is 2.19 bits per heavy atom. The van der Waals surface area contributed by atoms with Crippen LogP contribution in [0.1, 0.15) is 26.9 Å². The van der Waals surface area contributed by atoms with Gasteiger partial charge in [0.2, 0.25) is 6.10 Å². The second kappa shape index (κ2) is 8.55. The summed E-state index contributed by atoms with van der Waals surface area (Å²) in [4.78, 5) is 25.2. The fraction of sp³-hybridized carbons (Fsp3) is 0.100. The molecule has 1 amide bonds. The molecule has 0 saturated heterocycles. The minimum atomic E-state index is -1.24. The van der Waals surface area contributed by atoms with E-state index in [9.17, 15) is 18.4 Å². The van der Waals surface area contributed by atoms with Crippen molar-refractivity contribution in [3.05, 3.63) is 93.7 Å². The molecule has 4 nitrogen and oxygen atoms in total. The average molecular weight is 387 g/mol. The highest BCUT2D eigenvalue weighted by molar-refractivity contribution is 7.11. The molecule has 2 aromatic carbocycles. The molecule has 27 heavy (non-hydrogen) atoms. The van der Waals surface area contributed by atoms with Crippen molar-refractivity contribution in [3.63, 3.8) is 0 Å². The Hall–Kier alpha value is -3.06. The fourth-order valence-corrected chi connectivity index (χ4v) is 2.96. The number of halogens is 2. The first kappa shape index (κ1) is 18.7. The van der Waals surface area contributed by atoms with Crippen LogP contribution < -0.4 is 5.32 Å². The van der Waals surface area contributed by atoms with E-state index in [1.54, 1.807) is 29.6 Å². The molecule has 1 atom stereocenters. The van der Waals surface area contributed by atoms with Gasteiger partial charge in [-0.2, -0.15) is 0 Å². The molecular formula is C20H15F2NO3S. The molecule has 138 valence electrons. The van der Waals surface area contributed by atoms with Crippen LogP contribution in [0.3, 0.4) is 0 Å². The third-order valence-electron chi connectivity index (χ3n) is 3.74. The molecule has 0 aliphatic carbocycles. The molecular weight excluding hydrogens is 372 g/mol. The van der Waals surface area contributed by atoms with Crippen molar-refractivity contribution < 1.29 is 23.1 Å². The monoisotopic (exact) mass is 387 g/mol. The quantitative estimate of drug-likeness (QED) is 0.644. The van der Waals surface area contributed by atoms with Crippen molar-refractivity contribution in [1.82, 2.24) is 5.32 Å². The van der Waals surface area contributed by atoms with Crippen molar-refractivity contribution in [1.29, 1.82) is 0 Å². The Balaban J connectivity index is 1.75. The number of ether oxygens (including phenoxy) is 1. The van der Waals surface area contributed by atoms with E-state index in [1.165, 1.54) is 47.7 Å². The number of nitrogens with one attached hydrogen (secondary N) is 1. The summed E-state index contributed by atoms with van der Waals surface area (Å²) in [5, 5.41) is 4.37. The zero-order valence-electron chi connectivity index (χ0n) is 14.0. The highest BCUT2D eigenvalue weighted by atomic mass is 32.1. The van der Waals surface area contributed by atoms with Gasteiger partial charge in [0, 0.05) is 12.1 Å². The first-order valence-electron chi connectivity index (χ1n) is 8.05. The maximum absolute atomic E-state index is 13.2. The lowest BCUT2D eigenvalue weighted by Gasteiger charge is -2.18. The molecule has 0 fully saturated rings. The predicted molar refractivity (Wildman–Crippen MR) is 97.1 cm³/mol. The van der Waals surface area contributed by atoms with Crippen LogP contribution in [0.4, 0.5) is 8.78 Å². The second-order valence-electron chi connectivity index (χ2n) is 5.66. The van der Waals surface area contributed by atoms with Gasteiger partial charge in [-0.05, 0) is 41.3 Å². The van der Waals surface area contributed by atoms with Crippen LogP contribution in [-0.2, 0) is 16.1 Å². The lowest BCUT2D eigenvalue weighted by Crippen LogP contribution is -2.31. The number of amides is 1. The number of hydrogen-bond acceptors (Lipinski definition) is 4. The second-order valence-corrected chi connectivity index (χ2v) is 6.61. The zero-order chi connectivity index (χ0) is 19.2. The summed E-state index contributed by atoms with van der Waals surface area (Å²) < 4.78 is 31.5. The van der Waals surface area contributed by atoms with Crippen molar-refractivity contribution in [2.24, 2.45) is 0 Å². The minimum Gasteiger partial charge on any atom is -0.443 e. The third-order valence-corrected chi connectivity index (χ3v) is 4.59. The summed E-state index contributed by atoms with van der Waals surface area (Å²) in [6, 6.07) is 14.1. The maximum Gasteiger partial charge on any atom is 0.349 e. The van der Waals surface area contributed by atoms with Crippen LogP contribution in [0.25, 0.3) is 0 Å². The first-order valence-corrected chi connectivity index (χ1v) is 8.93. The van der Waals surface area contributed by atoms with Crippen molar-refractivity contribution in [2.45, 2.75) is 12.6 Å². The summed E-state index contributed by atoms with van der Waals surface area (Å²) in [7, 11) is 0. The topological polar surface area (TPSA) is 55.4 Å². The molecule has 0 saturated carbocycles. The van der Waals surface area contributed by atoms with Gasteiger partial charge in [-0.1, -0.05) is 30.3 Å². The molecule has 0 unspecified atom stereocenters. The standard InChI is InChI=1S/C20H15F2NO3S/c21-15-7-3-13(4-8-15)12-23-19(24)18(14-5-9-16(22)10-6-14)26-20(25)17-2-1-11-27-17/h1-11,18H,12H2,(H,23,24)/t18-/m0/s1. The maximum atomic E-state index is 13.2. The minimum absolute atomic E-state index is 0.132. The summed E-state index contributed by atoms with van der Waals surface area (Å²) in [5.41, 5.74) is 1.03. The molecule has 0 radical (unpaired) electrons. The molecule has 0 spiro atoms. The Labute approximate surface area is 158 Å². The molecule has 3 aromatic rings. The summed E-state index contributed by atoms with van der Waals surface area (Å²) in [6.07, 6.45) is -1.24. The SMILES string of the molecule is O=C(O[C@H](C(=O)NCc1ccc(F)cc1)c1ccc(F)cc1)c1cccs1. The van der Waals surface area contributed by atoms with E-state index in [2.05, 4.69) is 5.32 Å². The number of thiophene rings is 1. The van der Waals surface area contributed by atoms with E-state index in [1.807, 2.05) is 0 Å². The number of benzene rings is 2. The summed E-state index contributed by atoms with van der Waals surface area (Å²) in [6.45, 7) is 0.132. The molecule has 7 heteroatoms. The normalized spacial score (nSPS) is 11.6. The fourth-order valence-electron chi connectivity index (χ4n) is 2.35. The smallest absolute Gasteiger partial charge is 0.349 e. The highest BCUT2D eigenvalue weighted by Crippen LogP contribution is 2.22. The number of carbonyl (C=O) groups excluding carboxylic acids is 2. The van der Waals surface area contributed by atoms with Gasteiger partial charge in [0.25, 0.3) is 5.91 Å². The van der Waals surface area contributed by atoms with Gasteiger partial charge in [-0.25, -0.2) is 13.6 Å². The number of hydrogen-bond donors (Lipinski definition) is 1. The first-order chi connectivity index (χ1) is 13.0. The summed E-state index contributed by atoms with van der Waals surface area (Å²) in [5.74, 6) is -2.04. The van der Waals surface area contributed by atoms with Crippen molar-refractivity contribution >= 4 is 23.2 Å². The molecule has 1 heterocycles. The van der Waals surface area contributed by atoms with Crippen molar-refractivity contribution in [3.8, 4) is 0 Å². The van der Waals surface area contributed by atoms with E-state index >= 15 is 0 Å². The molecule has 0 bridgehead atoms. The lowest BCUT2D eigenvalue weighted by atomic mass is 10.1. The third kappa shape index (κ3) is 4.98. The Morgan fingerprint density at radius 2 is 1.59 bits per heavy atom. The van der Waals surface area contributed by atoms with Crippen LogP contribution in [0.5, 0.6) is 0 Å². The van der Waals surface area contributed by atoms with Crippen LogP contribution in [0.15, 0.2) is 66.0 Å². The molecule has 0 aliphatic rings. The Kier molecular flexibility index (Phi) is 5.93.